The molecular weight excluding hydrogens is 396 g/mol. The van der Waals surface area contributed by atoms with Gasteiger partial charge in [-0.25, -0.2) is 9.59 Å². The summed E-state index contributed by atoms with van der Waals surface area (Å²) in [7, 11) is 2.35. The van der Waals surface area contributed by atoms with Crippen LogP contribution in [-0.4, -0.2) is 49.6 Å². The molecule has 0 fully saturated rings. The fourth-order valence-corrected chi connectivity index (χ4v) is 2.59. The Labute approximate surface area is 171 Å². The Bertz CT molecular complexity index is 930. The van der Waals surface area contributed by atoms with Crippen LogP contribution in [0.5, 0.6) is 5.75 Å². The van der Waals surface area contributed by atoms with Gasteiger partial charge in [-0.05, 0) is 17.7 Å². The van der Waals surface area contributed by atoms with Crippen LogP contribution in [0.25, 0.3) is 0 Å². The topological polar surface area (TPSA) is 134 Å². The molecule has 0 saturated heterocycles. The lowest BCUT2D eigenvalue weighted by Crippen LogP contribution is -2.44. The smallest absolute Gasteiger partial charge is 0.338 e. The number of hydrogen-bond acceptors (Lipinski definition) is 8. The molecule has 0 saturated carbocycles. The van der Waals surface area contributed by atoms with Gasteiger partial charge in [0.2, 0.25) is 0 Å². The molecule has 2 aromatic carbocycles. The first-order valence-corrected chi connectivity index (χ1v) is 8.76. The molecule has 30 heavy (non-hydrogen) atoms. The number of methoxy groups -OCH3 is 2. The minimum absolute atomic E-state index is 0.0328. The molecule has 2 aromatic rings. The second kappa shape index (κ2) is 10.6. The fraction of sp³-hybridized carbons (Fsp3) is 0.250. The molecule has 0 aliphatic heterocycles. The van der Waals surface area contributed by atoms with Gasteiger partial charge in [-0.2, -0.15) is 0 Å². The molecule has 0 aromatic heterocycles. The number of benzene rings is 2. The van der Waals surface area contributed by atoms with Crippen LogP contribution in [0.2, 0.25) is 0 Å². The highest BCUT2D eigenvalue weighted by Crippen LogP contribution is 2.28. The standard InChI is InChI=1S/C20H20N2O8/c1-28-19(24)14-8-9-17(16(11-14)22(26)27)30-12-18(23)21-15(20(25)29-2)10-13-6-4-3-5-7-13/h3-9,11,15H,10,12H2,1-2H3,(H,21,23)/t15-/m0/s1. The van der Waals surface area contributed by atoms with Crippen LogP contribution in [0.3, 0.4) is 0 Å². The predicted molar refractivity (Wildman–Crippen MR) is 104 cm³/mol. The molecule has 0 unspecified atom stereocenters. The van der Waals surface area contributed by atoms with Gasteiger partial charge in [0, 0.05) is 12.5 Å². The lowest BCUT2D eigenvalue weighted by atomic mass is 10.1. The van der Waals surface area contributed by atoms with E-state index in [0.29, 0.717) is 0 Å². The van der Waals surface area contributed by atoms with E-state index in [9.17, 15) is 24.5 Å². The summed E-state index contributed by atoms with van der Waals surface area (Å²) in [5.41, 5.74) is 0.275. The molecule has 0 heterocycles. The van der Waals surface area contributed by atoms with Gasteiger partial charge in [-0.1, -0.05) is 30.3 Å². The first-order valence-electron chi connectivity index (χ1n) is 8.76. The lowest BCUT2D eigenvalue weighted by Gasteiger charge is -2.17. The van der Waals surface area contributed by atoms with Crippen molar-refractivity contribution in [1.82, 2.24) is 5.32 Å². The molecule has 0 bridgehead atoms. The van der Waals surface area contributed by atoms with E-state index in [1.807, 2.05) is 6.07 Å². The highest BCUT2D eigenvalue weighted by molar-refractivity contribution is 5.90. The molecular formula is C20H20N2O8. The summed E-state index contributed by atoms with van der Waals surface area (Å²) in [5, 5.41) is 13.7. The average Bonchev–Trinajstić information content (AvgIpc) is 2.76. The summed E-state index contributed by atoms with van der Waals surface area (Å²) < 4.78 is 14.5. The van der Waals surface area contributed by atoms with Crippen LogP contribution in [0.1, 0.15) is 15.9 Å². The van der Waals surface area contributed by atoms with E-state index in [1.165, 1.54) is 19.2 Å². The number of nitrogens with one attached hydrogen (secondary N) is 1. The minimum Gasteiger partial charge on any atom is -0.477 e. The monoisotopic (exact) mass is 416 g/mol. The van der Waals surface area contributed by atoms with Crippen molar-refractivity contribution >= 4 is 23.5 Å². The Kier molecular flexibility index (Phi) is 7.86. The van der Waals surface area contributed by atoms with Crippen LogP contribution < -0.4 is 10.1 Å². The Morgan fingerprint density at radius 2 is 1.77 bits per heavy atom. The van der Waals surface area contributed by atoms with Crippen molar-refractivity contribution < 1.29 is 33.5 Å². The van der Waals surface area contributed by atoms with Crippen molar-refractivity contribution in [2.24, 2.45) is 0 Å². The number of ether oxygens (including phenoxy) is 3. The molecule has 0 radical (unpaired) electrons. The third-order valence-corrected chi connectivity index (χ3v) is 4.04. The predicted octanol–water partition coefficient (Wildman–Crippen LogP) is 1.66. The fourth-order valence-electron chi connectivity index (χ4n) is 2.59. The summed E-state index contributed by atoms with van der Waals surface area (Å²) >= 11 is 0. The van der Waals surface area contributed by atoms with Gasteiger partial charge < -0.3 is 19.5 Å². The van der Waals surface area contributed by atoms with Crippen LogP contribution >= 0.6 is 0 Å². The molecule has 1 N–H and O–H groups in total. The highest BCUT2D eigenvalue weighted by atomic mass is 16.6. The number of nitro groups is 1. The molecule has 10 heteroatoms. The molecule has 0 aliphatic carbocycles. The third-order valence-electron chi connectivity index (χ3n) is 4.04. The van der Waals surface area contributed by atoms with Crippen LogP contribution in [-0.2, 0) is 25.5 Å². The van der Waals surface area contributed by atoms with E-state index in [-0.39, 0.29) is 17.7 Å². The van der Waals surface area contributed by atoms with Gasteiger partial charge in [0.05, 0.1) is 24.7 Å². The van der Waals surface area contributed by atoms with E-state index in [0.717, 1.165) is 18.7 Å². The summed E-state index contributed by atoms with van der Waals surface area (Å²) in [6.07, 6.45) is 0.202. The largest absolute Gasteiger partial charge is 0.477 e. The van der Waals surface area contributed by atoms with Crippen molar-refractivity contribution in [2.45, 2.75) is 12.5 Å². The van der Waals surface area contributed by atoms with E-state index in [4.69, 9.17) is 9.47 Å². The molecule has 0 spiro atoms. The van der Waals surface area contributed by atoms with Crippen LogP contribution in [0.15, 0.2) is 48.5 Å². The summed E-state index contributed by atoms with van der Waals surface area (Å²) in [6, 6.07) is 11.5. The van der Waals surface area contributed by atoms with Gasteiger partial charge in [0.25, 0.3) is 5.91 Å². The van der Waals surface area contributed by atoms with Gasteiger partial charge in [-0.3, -0.25) is 14.9 Å². The molecule has 1 amide bonds. The van der Waals surface area contributed by atoms with Gasteiger partial charge in [-0.15, -0.1) is 0 Å². The Morgan fingerprint density at radius 1 is 1.07 bits per heavy atom. The maximum Gasteiger partial charge on any atom is 0.338 e. The first kappa shape index (κ1) is 22.3. The quantitative estimate of drug-likeness (QED) is 0.371. The molecule has 158 valence electrons. The minimum atomic E-state index is -0.954. The van der Waals surface area contributed by atoms with E-state index < -0.39 is 41.1 Å². The van der Waals surface area contributed by atoms with Crippen molar-refractivity contribution in [1.29, 1.82) is 0 Å². The number of amides is 1. The Balaban J connectivity index is 2.07. The number of carbonyl (C=O) groups is 3. The van der Waals surface area contributed by atoms with Crippen molar-refractivity contribution in [3.63, 3.8) is 0 Å². The zero-order valence-electron chi connectivity index (χ0n) is 16.3. The van der Waals surface area contributed by atoms with Crippen molar-refractivity contribution in [3.8, 4) is 5.75 Å². The summed E-state index contributed by atoms with van der Waals surface area (Å²) in [6.45, 7) is -0.583. The second-order valence-electron chi connectivity index (χ2n) is 6.05. The summed E-state index contributed by atoms with van der Waals surface area (Å²) in [4.78, 5) is 46.3. The van der Waals surface area contributed by atoms with E-state index >= 15 is 0 Å². The van der Waals surface area contributed by atoms with Gasteiger partial charge >= 0.3 is 17.6 Å². The van der Waals surface area contributed by atoms with Gasteiger partial charge in [0.1, 0.15) is 6.04 Å². The number of esters is 2. The molecule has 1 atom stereocenters. The maximum absolute atomic E-state index is 12.3. The molecule has 2 rings (SSSR count). The number of hydrogen-bond donors (Lipinski definition) is 1. The van der Waals surface area contributed by atoms with Gasteiger partial charge in [0.15, 0.2) is 12.4 Å². The average molecular weight is 416 g/mol. The first-order chi connectivity index (χ1) is 14.3. The van der Waals surface area contributed by atoms with Crippen molar-refractivity contribution in [2.75, 3.05) is 20.8 Å². The van der Waals surface area contributed by atoms with E-state index in [2.05, 4.69) is 10.1 Å². The molecule has 0 aliphatic rings. The normalized spacial score (nSPS) is 11.1. The number of carbonyl (C=O) groups excluding carboxylic acids is 3. The second-order valence-corrected chi connectivity index (χ2v) is 6.05. The highest BCUT2D eigenvalue weighted by Gasteiger charge is 2.24. The zero-order chi connectivity index (χ0) is 22.1. The number of nitro benzene ring substituents is 1. The van der Waals surface area contributed by atoms with Crippen molar-refractivity contribution in [3.05, 3.63) is 69.8 Å². The van der Waals surface area contributed by atoms with Crippen LogP contribution in [0, 0.1) is 10.1 Å². The number of rotatable bonds is 9. The van der Waals surface area contributed by atoms with Crippen LogP contribution in [0.4, 0.5) is 5.69 Å². The lowest BCUT2D eigenvalue weighted by molar-refractivity contribution is -0.385. The Hall–Kier alpha value is -3.95. The van der Waals surface area contributed by atoms with E-state index in [1.54, 1.807) is 24.3 Å². The maximum atomic E-state index is 12.3. The zero-order valence-corrected chi connectivity index (χ0v) is 16.3. The summed E-state index contributed by atoms with van der Waals surface area (Å²) in [5.74, 6) is -2.27. The Morgan fingerprint density at radius 3 is 2.37 bits per heavy atom. The third kappa shape index (κ3) is 6.03. The molecule has 10 nitrogen and oxygen atoms in total. The SMILES string of the molecule is COC(=O)c1ccc(OCC(=O)N[C@@H](Cc2ccccc2)C(=O)OC)c([N+](=O)[O-])c1. The number of nitrogens with zero attached hydrogens (tertiary/aromatic N) is 1.